The fourth-order valence-corrected chi connectivity index (χ4v) is 2.05. The second kappa shape index (κ2) is 5.32. The maximum atomic E-state index is 10.9. The molecule has 1 heterocycles. The van der Waals surface area contributed by atoms with Crippen LogP contribution < -0.4 is 5.32 Å². The Morgan fingerprint density at radius 1 is 1.35 bits per heavy atom. The van der Waals surface area contributed by atoms with Crippen LogP contribution in [0.1, 0.15) is 19.4 Å². The van der Waals surface area contributed by atoms with Crippen LogP contribution in [-0.2, 0) is 12.5 Å². The van der Waals surface area contributed by atoms with Gasteiger partial charge in [0.25, 0.3) is 0 Å². The Labute approximate surface area is 117 Å². The van der Waals surface area contributed by atoms with Gasteiger partial charge in [-0.3, -0.25) is 4.57 Å². The Balaban J connectivity index is 2.17. The van der Waals surface area contributed by atoms with E-state index in [4.69, 9.17) is 0 Å². The molecule has 20 heavy (non-hydrogen) atoms. The minimum atomic E-state index is -0.474. The summed E-state index contributed by atoms with van der Waals surface area (Å²) in [6.45, 7) is 4.77. The van der Waals surface area contributed by atoms with E-state index in [2.05, 4.69) is 36.3 Å². The zero-order valence-corrected chi connectivity index (χ0v) is 11.8. The molecule has 0 amide bonds. The number of aromatic nitrogens is 2. The number of nitro groups is 1. The molecule has 2 rings (SSSR count). The first-order valence-electron chi connectivity index (χ1n) is 6.37. The Morgan fingerprint density at radius 2 is 2.00 bits per heavy atom. The molecule has 0 aliphatic rings. The van der Waals surface area contributed by atoms with Crippen LogP contribution in [0.25, 0.3) is 0 Å². The van der Waals surface area contributed by atoms with Gasteiger partial charge in [0.05, 0.1) is 0 Å². The average molecular weight is 274 g/mol. The highest BCUT2D eigenvalue weighted by molar-refractivity contribution is 5.52. The molecule has 0 aliphatic heterocycles. The average Bonchev–Trinajstić information content (AvgIpc) is 2.79. The Bertz CT molecular complexity index is 605. The predicted octanol–water partition coefficient (Wildman–Crippen LogP) is 2.72. The van der Waals surface area contributed by atoms with E-state index in [1.807, 2.05) is 18.2 Å². The van der Waals surface area contributed by atoms with E-state index in [1.165, 1.54) is 11.9 Å². The Morgan fingerprint density at radius 3 is 2.60 bits per heavy atom. The normalized spacial score (nSPS) is 11.3. The molecule has 0 unspecified atom stereocenters. The van der Waals surface area contributed by atoms with E-state index in [0.29, 0.717) is 12.4 Å². The van der Waals surface area contributed by atoms with Crippen molar-refractivity contribution in [3.8, 4) is 0 Å². The van der Waals surface area contributed by atoms with Crippen LogP contribution in [0.3, 0.4) is 0 Å². The molecule has 0 bridgehead atoms. The minimum Gasteiger partial charge on any atom is -0.363 e. The minimum absolute atomic E-state index is 0.139. The second-order valence-corrected chi connectivity index (χ2v) is 5.39. The lowest BCUT2D eigenvalue weighted by Crippen LogP contribution is -2.28. The van der Waals surface area contributed by atoms with Gasteiger partial charge >= 0.3 is 5.82 Å². The van der Waals surface area contributed by atoms with E-state index in [0.717, 1.165) is 0 Å². The molecule has 0 atom stereocenters. The van der Waals surface area contributed by atoms with Crippen LogP contribution in [0.15, 0.2) is 36.7 Å². The van der Waals surface area contributed by atoms with E-state index >= 15 is 0 Å². The van der Waals surface area contributed by atoms with Crippen LogP contribution >= 0.6 is 0 Å². The van der Waals surface area contributed by atoms with Gasteiger partial charge in [0.1, 0.15) is 0 Å². The maximum absolute atomic E-state index is 10.9. The van der Waals surface area contributed by atoms with E-state index in [9.17, 15) is 10.1 Å². The summed E-state index contributed by atoms with van der Waals surface area (Å²) in [6, 6.07) is 10.1. The second-order valence-electron chi connectivity index (χ2n) is 5.39. The van der Waals surface area contributed by atoms with Crippen molar-refractivity contribution in [2.24, 2.45) is 7.05 Å². The van der Waals surface area contributed by atoms with Crippen molar-refractivity contribution in [2.45, 2.75) is 19.3 Å². The van der Waals surface area contributed by atoms with Gasteiger partial charge in [-0.05, 0) is 15.5 Å². The fourth-order valence-electron chi connectivity index (χ4n) is 2.05. The standard InChI is InChI=1S/C14H18N4O2/c1-14(2,11-7-5-4-6-8-11)9-15-12-13(18(19)20)16-10-17(12)3/h4-8,10,15H,9H2,1-3H3. The van der Waals surface area contributed by atoms with Gasteiger partial charge in [-0.25, -0.2) is 0 Å². The molecule has 0 fully saturated rings. The number of hydrogen-bond acceptors (Lipinski definition) is 4. The zero-order chi connectivity index (χ0) is 14.8. The van der Waals surface area contributed by atoms with Gasteiger partial charge in [0.2, 0.25) is 12.1 Å². The lowest BCUT2D eigenvalue weighted by Gasteiger charge is -2.25. The van der Waals surface area contributed by atoms with Gasteiger partial charge < -0.3 is 15.4 Å². The third-order valence-electron chi connectivity index (χ3n) is 3.34. The number of rotatable bonds is 5. The van der Waals surface area contributed by atoms with Gasteiger partial charge in [-0.1, -0.05) is 44.2 Å². The van der Waals surface area contributed by atoms with Crippen LogP contribution in [0.4, 0.5) is 11.6 Å². The van der Waals surface area contributed by atoms with Gasteiger partial charge in [-0.15, -0.1) is 0 Å². The molecular formula is C14H18N4O2. The van der Waals surface area contributed by atoms with Crippen LogP contribution in [-0.4, -0.2) is 21.0 Å². The molecule has 0 radical (unpaired) electrons. The van der Waals surface area contributed by atoms with Crippen molar-refractivity contribution >= 4 is 11.6 Å². The zero-order valence-electron chi connectivity index (χ0n) is 11.8. The summed E-state index contributed by atoms with van der Waals surface area (Å²) in [5.74, 6) is 0.287. The third kappa shape index (κ3) is 2.79. The highest BCUT2D eigenvalue weighted by atomic mass is 16.6. The molecule has 6 nitrogen and oxygen atoms in total. The number of benzene rings is 1. The molecule has 1 aromatic heterocycles. The molecule has 1 aromatic carbocycles. The van der Waals surface area contributed by atoms with Gasteiger partial charge in [0, 0.05) is 19.0 Å². The highest BCUT2D eigenvalue weighted by Crippen LogP contribution is 2.26. The summed E-state index contributed by atoms with van der Waals surface area (Å²) in [6.07, 6.45) is 1.44. The first-order chi connectivity index (χ1) is 9.42. The lowest BCUT2D eigenvalue weighted by atomic mass is 9.84. The first kappa shape index (κ1) is 14.0. The number of nitrogens with one attached hydrogen (secondary N) is 1. The molecule has 1 N–H and O–H groups in total. The molecule has 0 spiro atoms. The van der Waals surface area contributed by atoms with Crippen molar-refractivity contribution in [1.29, 1.82) is 0 Å². The SMILES string of the molecule is Cn1cnc([N+](=O)[O-])c1NCC(C)(C)c1ccccc1. The van der Waals surface area contributed by atoms with Crippen LogP contribution in [0.5, 0.6) is 0 Å². The topological polar surface area (TPSA) is 73.0 Å². The van der Waals surface area contributed by atoms with Crippen LogP contribution in [0, 0.1) is 10.1 Å². The van der Waals surface area contributed by atoms with E-state index in [-0.39, 0.29) is 11.2 Å². The molecule has 6 heteroatoms. The quantitative estimate of drug-likeness (QED) is 0.672. The highest BCUT2D eigenvalue weighted by Gasteiger charge is 2.24. The molecule has 0 saturated heterocycles. The first-order valence-corrected chi connectivity index (χ1v) is 6.37. The van der Waals surface area contributed by atoms with Crippen molar-refractivity contribution in [3.05, 3.63) is 52.3 Å². The van der Waals surface area contributed by atoms with Crippen LogP contribution in [0.2, 0.25) is 0 Å². The van der Waals surface area contributed by atoms with Gasteiger partial charge in [0.15, 0.2) is 0 Å². The molecule has 2 aromatic rings. The summed E-state index contributed by atoms with van der Waals surface area (Å²) < 4.78 is 1.62. The number of nitrogens with zero attached hydrogens (tertiary/aromatic N) is 3. The summed E-state index contributed by atoms with van der Waals surface area (Å²) in [7, 11) is 1.73. The molecule has 0 aliphatic carbocycles. The van der Waals surface area contributed by atoms with Crippen molar-refractivity contribution in [3.63, 3.8) is 0 Å². The maximum Gasteiger partial charge on any atom is 0.406 e. The molecule has 0 saturated carbocycles. The van der Waals surface area contributed by atoms with E-state index in [1.54, 1.807) is 11.6 Å². The largest absolute Gasteiger partial charge is 0.406 e. The summed E-state index contributed by atoms with van der Waals surface area (Å²) in [5, 5.41) is 14.1. The van der Waals surface area contributed by atoms with Crippen molar-refractivity contribution < 1.29 is 4.92 Å². The van der Waals surface area contributed by atoms with Crippen molar-refractivity contribution in [1.82, 2.24) is 9.55 Å². The van der Waals surface area contributed by atoms with Gasteiger partial charge in [-0.2, -0.15) is 0 Å². The molecular weight excluding hydrogens is 256 g/mol. The predicted molar refractivity (Wildman–Crippen MR) is 77.8 cm³/mol. The lowest BCUT2D eigenvalue weighted by molar-refractivity contribution is -0.388. The van der Waals surface area contributed by atoms with E-state index < -0.39 is 4.92 Å². The summed E-state index contributed by atoms with van der Waals surface area (Å²) in [4.78, 5) is 14.2. The number of anilines is 1. The number of hydrogen-bond donors (Lipinski definition) is 1. The number of imidazole rings is 1. The molecule has 106 valence electrons. The smallest absolute Gasteiger partial charge is 0.363 e. The monoisotopic (exact) mass is 274 g/mol. The Kier molecular flexibility index (Phi) is 3.74. The summed E-state index contributed by atoms with van der Waals surface area (Å²) in [5.41, 5.74) is 1.04. The van der Waals surface area contributed by atoms with Crippen molar-refractivity contribution in [2.75, 3.05) is 11.9 Å². The number of aryl methyl sites for hydroxylation is 1. The summed E-state index contributed by atoms with van der Waals surface area (Å²) >= 11 is 0. The fraction of sp³-hybridized carbons (Fsp3) is 0.357. The Hall–Kier alpha value is -2.37. The third-order valence-corrected chi connectivity index (χ3v) is 3.34.